The third-order valence-electron chi connectivity index (χ3n) is 3.57. The van der Waals surface area contributed by atoms with Gasteiger partial charge in [-0.05, 0) is 54.1 Å². The number of carbonyl (C=O) groups excluding carboxylic acids is 1. The number of nitrogens with zero attached hydrogens (tertiary/aromatic N) is 1. The number of amides is 1. The number of nitrogens with one attached hydrogen (secondary N) is 2. The molecule has 3 aromatic rings. The van der Waals surface area contributed by atoms with Crippen LogP contribution in [0.4, 0.5) is 0 Å². The second-order valence-electron chi connectivity index (χ2n) is 5.11. The summed E-state index contributed by atoms with van der Waals surface area (Å²) in [7, 11) is 3.22. The van der Waals surface area contributed by atoms with Crippen molar-refractivity contribution in [2.45, 2.75) is 0 Å². The molecular weight excluding hydrogens is 306 g/mol. The number of fused-ring (bicyclic) bond motifs is 1. The number of hydrazone groups is 1. The number of H-pyrrole nitrogens is 1. The molecule has 0 radical (unpaired) electrons. The van der Waals surface area contributed by atoms with E-state index in [1.165, 1.54) is 0 Å². The Bertz CT molecular complexity index is 882. The molecule has 0 aliphatic rings. The molecular formula is C18H17N3O3. The van der Waals surface area contributed by atoms with Crippen LogP contribution in [0, 0.1) is 0 Å². The molecule has 0 atom stereocenters. The van der Waals surface area contributed by atoms with Crippen LogP contribution < -0.4 is 14.9 Å². The second-order valence-corrected chi connectivity index (χ2v) is 5.11. The molecule has 2 aromatic carbocycles. The van der Waals surface area contributed by atoms with Gasteiger partial charge in [0.1, 0.15) is 17.2 Å². The Morgan fingerprint density at radius 2 is 1.75 bits per heavy atom. The van der Waals surface area contributed by atoms with E-state index in [1.807, 2.05) is 42.5 Å². The van der Waals surface area contributed by atoms with Gasteiger partial charge >= 0.3 is 0 Å². The van der Waals surface area contributed by atoms with Gasteiger partial charge in [-0.1, -0.05) is 0 Å². The van der Waals surface area contributed by atoms with Gasteiger partial charge in [0.15, 0.2) is 0 Å². The van der Waals surface area contributed by atoms with Crippen LogP contribution in [0.1, 0.15) is 16.1 Å². The number of carbonyl (C=O) groups is 1. The van der Waals surface area contributed by atoms with E-state index in [4.69, 9.17) is 9.47 Å². The molecule has 0 unspecified atom stereocenters. The maximum atomic E-state index is 12.2. The molecule has 6 nitrogen and oxygen atoms in total. The Morgan fingerprint density at radius 1 is 1.04 bits per heavy atom. The van der Waals surface area contributed by atoms with Crippen LogP contribution in [0.3, 0.4) is 0 Å². The lowest BCUT2D eigenvalue weighted by Crippen LogP contribution is -2.17. The molecule has 1 heterocycles. The monoisotopic (exact) mass is 323 g/mol. The van der Waals surface area contributed by atoms with Crippen molar-refractivity contribution in [3.05, 3.63) is 59.8 Å². The predicted octanol–water partition coefficient (Wildman–Crippen LogP) is 2.95. The first-order valence-electron chi connectivity index (χ1n) is 7.34. The van der Waals surface area contributed by atoms with Gasteiger partial charge in [0.05, 0.1) is 20.4 Å². The van der Waals surface area contributed by atoms with E-state index in [1.54, 1.807) is 26.5 Å². The van der Waals surface area contributed by atoms with Gasteiger partial charge in [0.25, 0.3) is 5.91 Å². The highest BCUT2D eigenvalue weighted by molar-refractivity contribution is 5.98. The van der Waals surface area contributed by atoms with Crippen molar-refractivity contribution >= 4 is 23.0 Å². The van der Waals surface area contributed by atoms with Crippen molar-refractivity contribution in [1.29, 1.82) is 0 Å². The number of hydrogen-bond acceptors (Lipinski definition) is 4. The van der Waals surface area contributed by atoms with E-state index >= 15 is 0 Å². The lowest BCUT2D eigenvalue weighted by atomic mass is 10.2. The zero-order chi connectivity index (χ0) is 16.9. The summed E-state index contributed by atoms with van der Waals surface area (Å²) < 4.78 is 10.3. The minimum absolute atomic E-state index is 0.310. The normalized spacial score (nSPS) is 10.9. The Labute approximate surface area is 139 Å². The average molecular weight is 323 g/mol. The smallest absolute Gasteiger partial charge is 0.287 e. The first-order valence-corrected chi connectivity index (χ1v) is 7.34. The van der Waals surface area contributed by atoms with Gasteiger partial charge in [0, 0.05) is 10.9 Å². The minimum atomic E-state index is -0.310. The molecule has 3 rings (SSSR count). The van der Waals surface area contributed by atoms with Crippen LogP contribution in [0.2, 0.25) is 0 Å². The fraction of sp³-hybridized carbons (Fsp3) is 0.111. The van der Waals surface area contributed by atoms with E-state index in [-0.39, 0.29) is 5.91 Å². The lowest BCUT2D eigenvalue weighted by molar-refractivity contribution is 0.0951. The summed E-state index contributed by atoms with van der Waals surface area (Å²) in [5.74, 6) is 1.20. The fourth-order valence-corrected chi connectivity index (χ4v) is 2.28. The molecule has 0 aliphatic heterocycles. The molecule has 0 spiro atoms. The van der Waals surface area contributed by atoms with Crippen molar-refractivity contribution < 1.29 is 14.3 Å². The average Bonchev–Trinajstić information content (AvgIpc) is 3.05. The standard InChI is InChI=1S/C18H17N3O3/c1-23-14-5-3-12(4-6-14)11-19-21-18(22)17-10-13-9-15(24-2)7-8-16(13)20-17/h3-11,20H,1-2H3,(H,21,22)/b19-11+. The zero-order valence-electron chi connectivity index (χ0n) is 13.4. The second kappa shape index (κ2) is 6.87. The van der Waals surface area contributed by atoms with Crippen molar-refractivity contribution in [2.75, 3.05) is 14.2 Å². The van der Waals surface area contributed by atoms with Crippen molar-refractivity contribution in [2.24, 2.45) is 5.10 Å². The molecule has 2 N–H and O–H groups in total. The van der Waals surface area contributed by atoms with Crippen molar-refractivity contribution in [3.63, 3.8) is 0 Å². The number of methoxy groups -OCH3 is 2. The molecule has 24 heavy (non-hydrogen) atoms. The number of benzene rings is 2. The maximum Gasteiger partial charge on any atom is 0.287 e. The molecule has 6 heteroatoms. The third-order valence-corrected chi connectivity index (χ3v) is 3.57. The van der Waals surface area contributed by atoms with Crippen LogP contribution in [-0.2, 0) is 0 Å². The van der Waals surface area contributed by atoms with Gasteiger partial charge in [-0.25, -0.2) is 5.43 Å². The fourth-order valence-electron chi connectivity index (χ4n) is 2.28. The molecule has 0 fully saturated rings. The Balaban J connectivity index is 1.68. The van der Waals surface area contributed by atoms with E-state index in [9.17, 15) is 4.79 Å². The number of aromatic amines is 1. The van der Waals surface area contributed by atoms with E-state index < -0.39 is 0 Å². The number of ether oxygens (including phenoxy) is 2. The van der Waals surface area contributed by atoms with Crippen LogP contribution in [0.25, 0.3) is 10.9 Å². The summed E-state index contributed by atoms with van der Waals surface area (Å²) in [6.07, 6.45) is 1.57. The van der Waals surface area contributed by atoms with Crippen LogP contribution in [0.5, 0.6) is 11.5 Å². The first kappa shape index (κ1) is 15.6. The first-order chi connectivity index (χ1) is 11.7. The largest absolute Gasteiger partial charge is 0.497 e. The van der Waals surface area contributed by atoms with Gasteiger partial charge in [-0.3, -0.25) is 4.79 Å². The quantitative estimate of drug-likeness (QED) is 0.560. The highest BCUT2D eigenvalue weighted by Gasteiger charge is 2.09. The number of rotatable bonds is 5. The number of aromatic nitrogens is 1. The molecule has 0 saturated carbocycles. The molecule has 0 bridgehead atoms. The Hall–Kier alpha value is -3.28. The van der Waals surface area contributed by atoms with Crippen molar-refractivity contribution in [3.8, 4) is 11.5 Å². The predicted molar refractivity (Wildman–Crippen MR) is 92.9 cm³/mol. The minimum Gasteiger partial charge on any atom is -0.497 e. The maximum absolute atomic E-state index is 12.2. The van der Waals surface area contributed by atoms with Gasteiger partial charge < -0.3 is 14.5 Å². The zero-order valence-corrected chi connectivity index (χ0v) is 13.4. The SMILES string of the molecule is COc1ccc(/C=N/NC(=O)c2cc3cc(OC)ccc3[nH]2)cc1. The lowest BCUT2D eigenvalue weighted by Gasteiger charge is -1.99. The molecule has 122 valence electrons. The summed E-state index contributed by atoms with van der Waals surface area (Å²) in [6.45, 7) is 0. The topological polar surface area (TPSA) is 75.7 Å². The number of hydrogen-bond donors (Lipinski definition) is 2. The Morgan fingerprint density at radius 3 is 2.46 bits per heavy atom. The van der Waals surface area contributed by atoms with E-state index in [0.717, 1.165) is 28.0 Å². The molecule has 0 saturated heterocycles. The summed E-state index contributed by atoms with van der Waals surface area (Å²) >= 11 is 0. The van der Waals surface area contributed by atoms with Gasteiger partial charge in [0.2, 0.25) is 0 Å². The van der Waals surface area contributed by atoms with Crippen LogP contribution in [-0.4, -0.2) is 31.3 Å². The van der Waals surface area contributed by atoms with Gasteiger partial charge in [-0.15, -0.1) is 0 Å². The highest BCUT2D eigenvalue weighted by atomic mass is 16.5. The molecule has 1 amide bonds. The molecule has 1 aromatic heterocycles. The third kappa shape index (κ3) is 3.38. The highest BCUT2D eigenvalue weighted by Crippen LogP contribution is 2.21. The van der Waals surface area contributed by atoms with E-state index in [0.29, 0.717) is 5.69 Å². The van der Waals surface area contributed by atoms with Gasteiger partial charge in [-0.2, -0.15) is 5.10 Å². The van der Waals surface area contributed by atoms with Crippen LogP contribution in [0.15, 0.2) is 53.6 Å². The van der Waals surface area contributed by atoms with Crippen molar-refractivity contribution in [1.82, 2.24) is 10.4 Å². The Kier molecular flexibility index (Phi) is 4.47. The summed E-state index contributed by atoms with van der Waals surface area (Å²) in [5, 5.41) is 4.87. The summed E-state index contributed by atoms with van der Waals surface area (Å²) in [4.78, 5) is 15.2. The van der Waals surface area contributed by atoms with Crippen LogP contribution >= 0.6 is 0 Å². The summed E-state index contributed by atoms with van der Waals surface area (Å²) in [6, 6.07) is 14.7. The van der Waals surface area contributed by atoms with E-state index in [2.05, 4.69) is 15.5 Å². The molecule has 0 aliphatic carbocycles. The summed E-state index contributed by atoms with van der Waals surface area (Å²) in [5.41, 5.74) is 4.66.